The van der Waals surface area contributed by atoms with Crippen molar-refractivity contribution in [2.24, 2.45) is 0 Å². The van der Waals surface area contributed by atoms with Crippen LogP contribution in [0.4, 0.5) is 0 Å². The maximum atomic E-state index is 5.87. The van der Waals surface area contributed by atoms with Gasteiger partial charge in [-0.3, -0.25) is 4.57 Å². The second-order valence-electron chi connectivity index (χ2n) is 6.55. The van der Waals surface area contributed by atoms with Crippen molar-refractivity contribution >= 4 is 11.8 Å². The van der Waals surface area contributed by atoms with Crippen LogP contribution in [0.2, 0.25) is 0 Å². The predicted molar refractivity (Wildman–Crippen MR) is 107 cm³/mol. The van der Waals surface area contributed by atoms with Crippen LogP contribution in [0.1, 0.15) is 18.4 Å². The Kier molecular flexibility index (Phi) is 5.75. The lowest BCUT2D eigenvalue weighted by atomic mass is 10.2. The highest BCUT2D eigenvalue weighted by molar-refractivity contribution is 7.98. The van der Waals surface area contributed by atoms with Gasteiger partial charge in [0.25, 0.3) is 0 Å². The number of hydrogen-bond donors (Lipinski definition) is 0. The van der Waals surface area contributed by atoms with E-state index in [0.717, 1.165) is 54.0 Å². The minimum Gasteiger partial charge on any atom is -0.497 e. The van der Waals surface area contributed by atoms with E-state index in [0.29, 0.717) is 0 Å². The summed E-state index contributed by atoms with van der Waals surface area (Å²) in [4.78, 5) is 0. The molecule has 1 aliphatic rings. The molecular formula is C21H23N3O2S. The Morgan fingerprint density at radius 1 is 1.11 bits per heavy atom. The van der Waals surface area contributed by atoms with Crippen LogP contribution in [0.25, 0.3) is 11.4 Å². The molecule has 27 heavy (non-hydrogen) atoms. The Morgan fingerprint density at radius 3 is 2.63 bits per heavy atom. The lowest BCUT2D eigenvalue weighted by Crippen LogP contribution is -2.16. The minimum absolute atomic E-state index is 0.231. The van der Waals surface area contributed by atoms with Gasteiger partial charge < -0.3 is 9.47 Å². The van der Waals surface area contributed by atoms with Crippen LogP contribution in [0.15, 0.2) is 59.8 Å². The number of aromatic nitrogens is 3. The van der Waals surface area contributed by atoms with Crippen molar-refractivity contribution in [1.29, 1.82) is 0 Å². The average molecular weight is 382 g/mol. The first kappa shape index (κ1) is 18.1. The smallest absolute Gasteiger partial charge is 0.191 e. The van der Waals surface area contributed by atoms with E-state index in [-0.39, 0.29) is 6.10 Å². The molecule has 0 N–H and O–H groups in total. The second-order valence-corrected chi connectivity index (χ2v) is 7.50. The highest BCUT2D eigenvalue weighted by Crippen LogP contribution is 2.29. The molecule has 1 fully saturated rings. The number of thioether (sulfide) groups is 1. The summed E-state index contributed by atoms with van der Waals surface area (Å²) in [5.74, 6) is 2.58. The fourth-order valence-corrected chi connectivity index (χ4v) is 4.13. The Labute approximate surface area is 163 Å². The average Bonchev–Trinajstić information content (AvgIpc) is 3.38. The largest absolute Gasteiger partial charge is 0.497 e. The first-order valence-electron chi connectivity index (χ1n) is 9.19. The van der Waals surface area contributed by atoms with E-state index in [1.807, 2.05) is 30.3 Å². The zero-order valence-corrected chi connectivity index (χ0v) is 16.2. The molecule has 1 aliphatic heterocycles. The standard InChI is InChI=1S/C21H23N3O2S/c1-25-18-11-9-17(10-12-18)20-22-23-21(24(20)14-19-8-5-13-26-19)27-15-16-6-3-2-4-7-16/h2-4,6-7,9-12,19H,5,8,13-15H2,1H3. The summed E-state index contributed by atoms with van der Waals surface area (Å²) in [5.41, 5.74) is 2.31. The summed E-state index contributed by atoms with van der Waals surface area (Å²) in [6.07, 6.45) is 2.44. The van der Waals surface area contributed by atoms with E-state index in [4.69, 9.17) is 9.47 Å². The molecule has 2 aromatic carbocycles. The molecule has 5 nitrogen and oxygen atoms in total. The molecule has 1 saturated heterocycles. The third-order valence-electron chi connectivity index (χ3n) is 4.69. The number of benzene rings is 2. The molecule has 2 heterocycles. The summed E-state index contributed by atoms with van der Waals surface area (Å²) in [7, 11) is 1.67. The van der Waals surface area contributed by atoms with Crippen LogP contribution in [0, 0.1) is 0 Å². The van der Waals surface area contributed by atoms with Crippen LogP contribution < -0.4 is 4.74 Å². The van der Waals surface area contributed by atoms with Crippen molar-refractivity contribution < 1.29 is 9.47 Å². The van der Waals surface area contributed by atoms with Crippen molar-refractivity contribution in [2.45, 2.75) is 36.4 Å². The number of hydrogen-bond acceptors (Lipinski definition) is 5. The van der Waals surface area contributed by atoms with Crippen LogP contribution in [0.3, 0.4) is 0 Å². The van der Waals surface area contributed by atoms with Crippen LogP contribution in [-0.4, -0.2) is 34.6 Å². The Hall–Kier alpha value is -2.31. The molecule has 0 radical (unpaired) electrons. The van der Waals surface area contributed by atoms with Gasteiger partial charge >= 0.3 is 0 Å². The summed E-state index contributed by atoms with van der Waals surface area (Å²) in [6.45, 7) is 1.63. The molecule has 0 aliphatic carbocycles. The quantitative estimate of drug-likeness (QED) is 0.567. The van der Waals surface area contributed by atoms with Gasteiger partial charge in [-0.2, -0.15) is 0 Å². The molecule has 0 spiro atoms. The number of rotatable bonds is 7. The fourth-order valence-electron chi connectivity index (χ4n) is 3.23. The molecule has 4 rings (SSSR count). The summed E-state index contributed by atoms with van der Waals surface area (Å²) >= 11 is 1.72. The predicted octanol–water partition coefficient (Wildman–Crippen LogP) is 4.43. The monoisotopic (exact) mass is 381 g/mol. The maximum absolute atomic E-state index is 5.87. The highest BCUT2D eigenvalue weighted by atomic mass is 32.2. The van der Waals surface area contributed by atoms with Gasteiger partial charge in [0.2, 0.25) is 0 Å². The van der Waals surface area contributed by atoms with Gasteiger partial charge in [0, 0.05) is 17.9 Å². The van der Waals surface area contributed by atoms with Gasteiger partial charge in [0.1, 0.15) is 5.75 Å². The summed E-state index contributed by atoms with van der Waals surface area (Å²) in [5, 5.41) is 9.90. The zero-order valence-electron chi connectivity index (χ0n) is 15.4. The highest BCUT2D eigenvalue weighted by Gasteiger charge is 2.21. The Bertz CT molecular complexity index is 859. The molecule has 1 unspecified atom stereocenters. The van der Waals surface area contributed by atoms with Crippen LogP contribution in [0.5, 0.6) is 5.75 Å². The van der Waals surface area contributed by atoms with Crippen molar-refractivity contribution in [3.8, 4) is 17.1 Å². The van der Waals surface area contributed by atoms with Crippen LogP contribution in [-0.2, 0) is 17.0 Å². The van der Waals surface area contributed by atoms with Crippen molar-refractivity contribution in [1.82, 2.24) is 14.8 Å². The van der Waals surface area contributed by atoms with E-state index in [2.05, 4.69) is 39.0 Å². The van der Waals surface area contributed by atoms with E-state index < -0.39 is 0 Å². The minimum atomic E-state index is 0.231. The molecule has 0 saturated carbocycles. The third-order valence-corrected chi connectivity index (χ3v) is 5.72. The number of methoxy groups -OCH3 is 1. The van der Waals surface area contributed by atoms with Crippen molar-refractivity contribution in [3.63, 3.8) is 0 Å². The van der Waals surface area contributed by atoms with E-state index in [1.54, 1.807) is 18.9 Å². The van der Waals surface area contributed by atoms with Gasteiger partial charge in [0.15, 0.2) is 11.0 Å². The van der Waals surface area contributed by atoms with Gasteiger partial charge in [-0.05, 0) is 42.7 Å². The molecule has 0 amide bonds. The van der Waals surface area contributed by atoms with Gasteiger partial charge in [-0.25, -0.2) is 0 Å². The van der Waals surface area contributed by atoms with Crippen LogP contribution >= 0.6 is 11.8 Å². The summed E-state index contributed by atoms with van der Waals surface area (Å²) < 4.78 is 13.3. The SMILES string of the molecule is COc1ccc(-c2nnc(SCc3ccccc3)n2CC2CCCO2)cc1. The van der Waals surface area contributed by atoms with Gasteiger partial charge in [-0.15, -0.1) is 10.2 Å². The van der Waals surface area contributed by atoms with Gasteiger partial charge in [-0.1, -0.05) is 42.1 Å². The molecular weight excluding hydrogens is 358 g/mol. The fraction of sp³-hybridized carbons (Fsp3) is 0.333. The van der Waals surface area contributed by atoms with E-state index >= 15 is 0 Å². The molecule has 1 aromatic heterocycles. The second kappa shape index (κ2) is 8.59. The molecule has 6 heteroatoms. The maximum Gasteiger partial charge on any atom is 0.191 e. The summed E-state index contributed by atoms with van der Waals surface area (Å²) in [6, 6.07) is 18.4. The topological polar surface area (TPSA) is 49.2 Å². The third kappa shape index (κ3) is 4.34. The van der Waals surface area contributed by atoms with E-state index in [9.17, 15) is 0 Å². The molecule has 1 atom stereocenters. The number of nitrogens with zero attached hydrogens (tertiary/aromatic N) is 3. The normalized spacial score (nSPS) is 16.6. The Balaban J connectivity index is 1.60. The Morgan fingerprint density at radius 2 is 1.93 bits per heavy atom. The van der Waals surface area contributed by atoms with Crippen molar-refractivity contribution in [2.75, 3.05) is 13.7 Å². The first-order valence-corrected chi connectivity index (χ1v) is 10.2. The van der Waals surface area contributed by atoms with Gasteiger partial charge in [0.05, 0.1) is 19.8 Å². The van der Waals surface area contributed by atoms with E-state index in [1.165, 1.54) is 5.56 Å². The zero-order chi connectivity index (χ0) is 18.5. The number of ether oxygens (including phenoxy) is 2. The molecule has 140 valence electrons. The van der Waals surface area contributed by atoms with Crippen molar-refractivity contribution in [3.05, 3.63) is 60.2 Å². The first-order chi connectivity index (χ1) is 13.3. The molecule has 0 bridgehead atoms. The lowest BCUT2D eigenvalue weighted by Gasteiger charge is -2.15. The lowest BCUT2D eigenvalue weighted by molar-refractivity contribution is 0.0953. The molecule has 3 aromatic rings.